The van der Waals surface area contributed by atoms with Gasteiger partial charge in [0.05, 0.1) is 0 Å². The molecule has 0 aromatic carbocycles. The molecular formula is C4H10Sn. The fourth-order valence-electron chi connectivity index (χ4n) is 0.236. The molecule has 0 heterocycles. The Labute approximate surface area is 46.4 Å². The molecule has 0 aromatic heterocycles. The molecule has 0 aliphatic rings. The molecule has 30 valence electrons. The van der Waals surface area contributed by atoms with Crippen molar-refractivity contribution in [1.29, 1.82) is 0 Å². The molecule has 0 nitrogen and oxygen atoms in total. The van der Waals surface area contributed by atoms with E-state index in [1.165, 1.54) is 4.44 Å². The third-order valence-corrected chi connectivity index (χ3v) is 1.82. The molecule has 0 radical (unpaired) electrons. The van der Waals surface area contributed by atoms with Crippen LogP contribution in [-0.2, 0) is 0 Å². The van der Waals surface area contributed by atoms with Gasteiger partial charge in [-0.25, -0.2) is 0 Å². The first kappa shape index (κ1) is 5.54. The van der Waals surface area contributed by atoms with Gasteiger partial charge in [0.25, 0.3) is 0 Å². The normalized spacial score (nSPS) is 10.6. The molecule has 0 rings (SSSR count). The minimum atomic E-state index is 0.896. The van der Waals surface area contributed by atoms with Gasteiger partial charge in [-0.2, -0.15) is 0 Å². The van der Waals surface area contributed by atoms with E-state index < -0.39 is 0 Å². The van der Waals surface area contributed by atoms with Crippen molar-refractivity contribution in [2.45, 2.75) is 11.4 Å². The molecule has 0 bridgehead atoms. The SMILES string of the molecule is CC=C[CH2][SnH3]. The van der Waals surface area contributed by atoms with Crippen LogP contribution in [0.4, 0.5) is 0 Å². The third-order valence-electron chi connectivity index (χ3n) is 0.471. The molecular weight excluding hydrogens is 167 g/mol. The first-order valence-corrected chi connectivity index (χ1v) is 6.06. The van der Waals surface area contributed by atoms with Crippen LogP contribution in [0.15, 0.2) is 12.2 Å². The van der Waals surface area contributed by atoms with Crippen molar-refractivity contribution < 1.29 is 0 Å². The van der Waals surface area contributed by atoms with Gasteiger partial charge in [-0.15, -0.1) is 0 Å². The van der Waals surface area contributed by atoms with Crippen LogP contribution in [0, 0.1) is 0 Å². The average molecular weight is 177 g/mol. The van der Waals surface area contributed by atoms with E-state index in [2.05, 4.69) is 19.1 Å². The van der Waals surface area contributed by atoms with Crippen LogP contribution in [0.25, 0.3) is 0 Å². The zero-order valence-electron chi connectivity index (χ0n) is 3.86. The summed E-state index contributed by atoms with van der Waals surface area (Å²) in [5.74, 6) is 0. The zero-order chi connectivity index (χ0) is 4.12. The monoisotopic (exact) mass is 178 g/mol. The van der Waals surface area contributed by atoms with E-state index in [0.29, 0.717) is 0 Å². The summed E-state index contributed by atoms with van der Waals surface area (Å²) in [7, 11) is 0. The van der Waals surface area contributed by atoms with Crippen LogP contribution >= 0.6 is 0 Å². The second-order valence-corrected chi connectivity index (χ2v) is 3.31. The molecule has 0 aromatic rings. The van der Waals surface area contributed by atoms with Crippen molar-refractivity contribution in [3.63, 3.8) is 0 Å². The maximum absolute atomic E-state index is 2.22. The summed E-state index contributed by atoms with van der Waals surface area (Å²) in [6.45, 7) is 2.06. The van der Waals surface area contributed by atoms with E-state index in [1.807, 2.05) is 0 Å². The van der Waals surface area contributed by atoms with Gasteiger partial charge in [0.1, 0.15) is 0 Å². The van der Waals surface area contributed by atoms with Crippen LogP contribution in [-0.4, -0.2) is 22.5 Å². The van der Waals surface area contributed by atoms with Gasteiger partial charge in [0.2, 0.25) is 0 Å². The summed E-state index contributed by atoms with van der Waals surface area (Å²) >= 11 is 0.896. The fourth-order valence-corrected chi connectivity index (χ4v) is 1.58. The van der Waals surface area contributed by atoms with Crippen LogP contribution in [0.5, 0.6) is 0 Å². The Kier molecular flexibility index (Phi) is 5.03. The first-order valence-electron chi connectivity index (χ1n) is 2.03. The summed E-state index contributed by atoms with van der Waals surface area (Å²) in [5, 5.41) is 0. The van der Waals surface area contributed by atoms with Crippen LogP contribution in [0.3, 0.4) is 0 Å². The second kappa shape index (κ2) is 4.54. The Morgan fingerprint density at radius 3 is 2.40 bits per heavy atom. The van der Waals surface area contributed by atoms with E-state index in [-0.39, 0.29) is 0 Å². The second-order valence-electron chi connectivity index (χ2n) is 0.977. The molecule has 0 unspecified atom stereocenters. The van der Waals surface area contributed by atoms with Gasteiger partial charge in [-0.05, 0) is 0 Å². The summed E-state index contributed by atoms with van der Waals surface area (Å²) in [6, 6.07) is 0. The topological polar surface area (TPSA) is 0 Å². The van der Waals surface area contributed by atoms with Crippen molar-refractivity contribution in [2.24, 2.45) is 0 Å². The van der Waals surface area contributed by atoms with Crippen molar-refractivity contribution >= 4 is 22.5 Å². The number of allylic oxidation sites excluding steroid dienone is 2. The Hall–Kier alpha value is 0.539. The Morgan fingerprint density at radius 1 is 1.80 bits per heavy atom. The van der Waals surface area contributed by atoms with E-state index in [9.17, 15) is 0 Å². The predicted octanol–water partition coefficient (Wildman–Crippen LogP) is 0.346. The van der Waals surface area contributed by atoms with Crippen molar-refractivity contribution in [3.8, 4) is 0 Å². The Balaban J connectivity index is 2.62. The average Bonchev–Trinajstić information content (AvgIpc) is 1.41. The molecule has 0 amide bonds. The molecule has 0 N–H and O–H groups in total. The van der Waals surface area contributed by atoms with Crippen LogP contribution in [0.2, 0.25) is 4.44 Å². The van der Waals surface area contributed by atoms with E-state index in [1.54, 1.807) is 0 Å². The van der Waals surface area contributed by atoms with Gasteiger partial charge in [0, 0.05) is 0 Å². The molecule has 0 aliphatic heterocycles. The summed E-state index contributed by atoms with van der Waals surface area (Å²) in [5.41, 5.74) is 0. The third kappa shape index (κ3) is 4.54. The minimum absolute atomic E-state index is 0.896. The molecule has 0 atom stereocenters. The molecule has 0 fully saturated rings. The van der Waals surface area contributed by atoms with Gasteiger partial charge in [0.15, 0.2) is 0 Å². The first-order chi connectivity index (χ1) is 2.41. The molecule has 1 heteroatoms. The van der Waals surface area contributed by atoms with Crippen molar-refractivity contribution in [2.75, 3.05) is 0 Å². The fraction of sp³-hybridized carbons (Fsp3) is 0.500. The predicted molar refractivity (Wildman–Crippen MR) is 29.6 cm³/mol. The quantitative estimate of drug-likeness (QED) is 0.400. The maximum atomic E-state index is 2.22. The summed E-state index contributed by atoms with van der Waals surface area (Å²) < 4.78 is 1.37. The standard InChI is InChI=1S/C4H7.Sn.3H/c1-3-4-2;;;;/h3-4H,1H2,2H3;;;;. The van der Waals surface area contributed by atoms with Crippen molar-refractivity contribution in [3.05, 3.63) is 12.2 Å². The Morgan fingerprint density at radius 2 is 2.40 bits per heavy atom. The van der Waals surface area contributed by atoms with Crippen LogP contribution in [0.1, 0.15) is 6.92 Å². The van der Waals surface area contributed by atoms with Crippen LogP contribution < -0.4 is 0 Å². The number of rotatable bonds is 1. The van der Waals surface area contributed by atoms with Gasteiger partial charge < -0.3 is 0 Å². The molecule has 0 saturated carbocycles. The number of hydrogen-bond acceptors (Lipinski definition) is 0. The van der Waals surface area contributed by atoms with Gasteiger partial charge >= 0.3 is 46.0 Å². The molecule has 0 aliphatic carbocycles. The zero-order valence-corrected chi connectivity index (χ0v) is 9.57. The summed E-state index contributed by atoms with van der Waals surface area (Å²) in [4.78, 5) is 0. The Bertz CT molecular complexity index is 30.6. The van der Waals surface area contributed by atoms with E-state index >= 15 is 0 Å². The van der Waals surface area contributed by atoms with E-state index in [0.717, 1.165) is 22.5 Å². The van der Waals surface area contributed by atoms with Crippen molar-refractivity contribution in [1.82, 2.24) is 0 Å². The van der Waals surface area contributed by atoms with Gasteiger partial charge in [-0.3, -0.25) is 0 Å². The summed E-state index contributed by atoms with van der Waals surface area (Å²) in [6.07, 6.45) is 4.33. The molecule has 0 spiro atoms. The molecule has 0 saturated heterocycles. The van der Waals surface area contributed by atoms with E-state index in [4.69, 9.17) is 0 Å². The molecule has 5 heavy (non-hydrogen) atoms. The number of hydrogen-bond donors (Lipinski definition) is 0. The van der Waals surface area contributed by atoms with Gasteiger partial charge in [-0.1, -0.05) is 0 Å².